The summed E-state index contributed by atoms with van der Waals surface area (Å²) in [5.41, 5.74) is 8.78. The molecule has 104 valence electrons. The van der Waals surface area contributed by atoms with Crippen molar-refractivity contribution in [3.8, 4) is 0 Å². The van der Waals surface area contributed by atoms with Crippen molar-refractivity contribution in [3.05, 3.63) is 45.7 Å². The van der Waals surface area contributed by atoms with Crippen LogP contribution in [0, 0.1) is 34.6 Å². The fourth-order valence-electron chi connectivity index (χ4n) is 3.40. The van der Waals surface area contributed by atoms with Gasteiger partial charge in [0.25, 0.3) is 0 Å². The van der Waals surface area contributed by atoms with E-state index in [1.54, 1.807) is 0 Å². The van der Waals surface area contributed by atoms with Crippen molar-refractivity contribution in [2.45, 2.75) is 66.4 Å². The first-order valence-electron chi connectivity index (χ1n) is 7.36. The molecule has 2 unspecified atom stereocenters. The fraction of sp³-hybridized carbons (Fsp3) is 0.556. The molecule has 0 saturated carbocycles. The fourth-order valence-corrected chi connectivity index (χ4v) is 3.40. The molecular weight excluding hydrogens is 232 g/mol. The number of hydrogen-bond acceptors (Lipinski definition) is 1. The summed E-state index contributed by atoms with van der Waals surface area (Å²) in [6, 6.07) is 0. The first kappa shape index (κ1) is 14.2. The Labute approximate surface area is 117 Å². The number of benzene rings is 1. The van der Waals surface area contributed by atoms with Crippen LogP contribution in [0.2, 0.25) is 0 Å². The van der Waals surface area contributed by atoms with Gasteiger partial charge in [0, 0.05) is 12.3 Å². The Morgan fingerprint density at radius 1 is 1.00 bits per heavy atom. The minimum Gasteiger partial charge on any atom is -0.497 e. The lowest BCUT2D eigenvalue weighted by molar-refractivity contribution is 0.138. The van der Waals surface area contributed by atoms with E-state index in [1.807, 2.05) is 6.26 Å². The molecule has 2 atom stereocenters. The van der Waals surface area contributed by atoms with Crippen molar-refractivity contribution in [1.82, 2.24) is 0 Å². The normalized spacial score (nSPS) is 19.6. The van der Waals surface area contributed by atoms with Gasteiger partial charge in [0.15, 0.2) is 0 Å². The van der Waals surface area contributed by atoms with Crippen LogP contribution >= 0.6 is 0 Å². The topological polar surface area (TPSA) is 9.23 Å². The lowest BCUT2D eigenvalue weighted by Gasteiger charge is -2.28. The SMILES string of the molecule is CCC(c1c(C)c(C)c(C)c(C)c1C)C1CC=CO1. The van der Waals surface area contributed by atoms with E-state index in [1.165, 1.54) is 33.4 Å². The van der Waals surface area contributed by atoms with E-state index >= 15 is 0 Å². The Hall–Kier alpha value is -1.24. The van der Waals surface area contributed by atoms with Crippen LogP contribution in [0.3, 0.4) is 0 Å². The van der Waals surface area contributed by atoms with Crippen molar-refractivity contribution in [2.24, 2.45) is 0 Å². The maximum Gasteiger partial charge on any atom is 0.108 e. The summed E-state index contributed by atoms with van der Waals surface area (Å²) in [4.78, 5) is 0. The van der Waals surface area contributed by atoms with Crippen LogP contribution in [0.25, 0.3) is 0 Å². The summed E-state index contributed by atoms with van der Waals surface area (Å²) in [6.07, 6.45) is 6.51. The van der Waals surface area contributed by atoms with Crippen molar-refractivity contribution in [1.29, 1.82) is 0 Å². The molecule has 2 rings (SSSR count). The number of rotatable bonds is 3. The van der Waals surface area contributed by atoms with Crippen LogP contribution < -0.4 is 0 Å². The molecule has 0 saturated heterocycles. The Morgan fingerprint density at radius 3 is 1.95 bits per heavy atom. The molecule has 0 radical (unpaired) electrons. The molecule has 0 aromatic heterocycles. The summed E-state index contributed by atoms with van der Waals surface area (Å²) in [5.74, 6) is 0.507. The van der Waals surface area contributed by atoms with Gasteiger partial charge in [-0.15, -0.1) is 0 Å². The third kappa shape index (κ3) is 2.31. The van der Waals surface area contributed by atoms with Gasteiger partial charge in [-0.1, -0.05) is 6.92 Å². The molecule has 1 aromatic carbocycles. The van der Waals surface area contributed by atoms with Gasteiger partial charge in [0.1, 0.15) is 6.10 Å². The van der Waals surface area contributed by atoms with Crippen molar-refractivity contribution < 1.29 is 4.74 Å². The Kier molecular flexibility index (Phi) is 4.03. The lowest BCUT2D eigenvalue weighted by Crippen LogP contribution is -2.20. The summed E-state index contributed by atoms with van der Waals surface area (Å²) in [6.45, 7) is 13.6. The largest absolute Gasteiger partial charge is 0.497 e. The lowest BCUT2D eigenvalue weighted by atomic mass is 9.79. The first-order valence-corrected chi connectivity index (χ1v) is 7.36. The zero-order chi connectivity index (χ0) is 14.2. The van der Waals surface area contributed by atoms with Crippen molar-refractivity contribution in [2.75, 3.05) is 0 Å². The molecule has 1 aliphatic rings. The second-order valence-electron chi connectivity index (χ2n) is 5.84. The van der Waals surface area contributed by atoms with Crippen LogP contribution in [-0.2, 0) is 4.74 Å². The highest BCUT2D eigenvalue weighted by Crippen LogP contribution is 2.37. The predicted molar refractivity (Wildman–Crippen MR) is 81.8 cm³/mol. The molecule has 19 heavy (non-hydrogen) atoms. The average molecular weight is 258 g/mol. The highest BCUT2D eigenvalue weighted by molar-refractivity contribution is 5.51. The highest BCUT2D eigenvalue weighted by Gasteiger charge is 2.28. The van der Waals surface area contributed by atoms with E-state index in [0.717, 1.165) is 12.8 Å². The third-order valence-electron chi connectivity index (χ3n) is 5.04. The zero-order valence-corrected chi connectivity index (χ0v) is 13.1. The molecule has 1 aromatic rings. The molecule has 0 N–H and O–H groups in total. The van der Waals surface area contributed by atoms with Gasteiger partial charge in [-0.2, -0.15) is 0 Å². The molecule has 0 spiro atoms. The zero-order valence-electron chi connectivity index (χ0n) is 13.1. The molecule has 0 fully saturated rings. The van der Waals surface area contributed by atoms with Crippen molar-refractivity contribution >= 4 is 0 Å². The molecule has 0 aliphatic carbocycles. The predicted octanol–water partition coefficient (Wildman–Crippen LogP) is 5.02. The smallest absolute Gasteiger partial charge is 0.108 e. The molecule has 0 bridgehead atoms. The van der Waals surface area contributed by atoms with Crippen LogP contribution in [0.5, 0.6) is 0 Å². The summed E-state index contributed by atoms with van der Waals surface area (Å²) >= 11 is 0. The molecule has 1 heterocycles. The van der Waals surface area contributed by atoms with E-state index < -0.39 is 0 Å². The Balaban J connectivity index is 2.54. The van der Waals surface area contributed by atoms with E-state index in [2.05, 4.69) is 47.6 Å². The van der Waals surface area contributed by atoms with Crippen LogP contribution in [0.1, 0.15) is 59.1 Å². The number of hydrogen-bond donors (Lipinski definition) is 0. The maximum atomic E-state index is 5.80. The Bertz CT molecular complexity index is 474. The van der Waals surface area contributed by atoms with E-state index in [-0.39, 0.29) is 0 Å². The third-order valence-corrected chi connectivity index (χ3v) is 5.04. The molecular formula is C18H26O. The van der Waals surface area contributed by atoms with Gasteiger partial charge in [-0.05, 0) is 80.5 Å². The van der Waals surface area contributed by atoms with E-state index in [0.29, 0.717) is 12.0 Å². The van der Waals surface area contributed by atoms with E-state index in [9.17, 15) is 0 Å². The number of ether oxygens (including phenoxy) is 1. The van der Waals surface area contributed by atoms with Gasteiger partial charge in [-0.3, -0.25) is 0 Å². The Morgan fingerprint density at radius 2 is 1.53 bits per heavy atom. The second-order valence-corrected chi connectivity index (χ2v) is 5.84. The van der Waals surface area contributed by atoms with Gasteiger partial charge < -0.3 is 4.74 Å². The molecule has 1 nitrogen and oxygen atoms in total. The molecule has 1 aliphatic heterocycles. The minimum absolute atomic E-state index is 0.323. The maximum absolute atomic E-state index is 5.80. The summed E-state index contributed by atoms with van der Waals surface area (Å²) in [7, 11) is 0. The van der Waals surface area contributed by atoms with Gasteiger partial charge >= 0.3 is 0 Å². The summed E-state index contributed by atoms with van der Waals surface area (Å²) in [5, 5.41) is 0. The monoisotopic (exact) mass is 258 g/mol. The van der Waals surface area contributed by atoms with E-state index in [4.69, 9.17) is 4.74 Å². The molecule has 1 heteroatoms. The quantitative estimate of drug-likeness (QED) is 0.739. The first-order chi connectivity index (χ1) is 8.99. The van der Waals surface area contributed by atoms with Gasteiger partial charge in [0.2, 0.25) is 0 Å². The second kappa shape index (κ2) is 5.40. The molecule has 0 amide bonds. The van der Waals surface area contributed by atoms with Crippen LogP contribution in [0.4, 0.5) is 0 Å². The average Bonchev–Trinajstić information content (AvgIpc) is 2.93. The van der Waals surface area contributed by atoms with Crippen molar-refractivity contribution in [3.63, 3.8) is 0 Å². The van der Waals surface area contributed by atoms with Gasteiger partial charge in [0.05, 0.1) is 6.26 Å². The standard InChI is InChI=1S/C18H26O/c1-7-16(17-9-8-10-19-17)18-14(5)12(3)11(2)13(4)15(18)6/h8,10,16-17H,7,9H2,1-6H3. The van der Waals surface area contributed by atoms with Crippen LogP contribution in [-0.4, -0.2) is 6.10 Å². The van der Waals surface area contributed by atoms with Crippen LogP contribution in [0.15, 0.2) is 12.3 Å². The highest BCUT2D eigenvalue weighted by atomic mass is 16.5. The summed E-state index contributed by atoms with van der Waals surface area (Å²) < 4.78 is 5.80. The minimum atomic E-state index is 0.323. The van der Waals surface area contributed by atoms with Gasteiger partial charge in [-0.25, -0.2) is 0 Å².